The molecule has 0 aliphatic heterocycles. The number of aryl methyl sites for hydroxylation is 1. The fraction of sp³-hybridized carbons (Fsp3) is 0.174. The van der Waals surface area contributed by atoms with Gasteiger partial charge in [0.05, 0.1) is 18.3 Å². The van der Waals surface area contributed by atoms with Crippen molar-refractivity contribution in [2.45, 2.75) is 19.9 Å². The molecule has 4 aromatic rings. The van der Waals surface area contributed by atoms with Crippen LogP contribution in [0.25, 0.3) is 21.3 Å². The van der Waals surface area contributed by atoms with Crippen molar-refractivity contribution in [3.8, 4) is 16.9 Å². The number of amides is 1. The molecule has 0 atom stereocenters. The summed E-state index contributed by atoms with van der Waals surface area (Å²) in [5.74, 6) is 0.642. The smallest absolute Gasteiger partial charge is 0.282 e. The average molecular weight is 420 g/mol. The molecule has 152 valence electrons. The summed E-state index contributed by atoms with van der Waals surface area (Å²) in [7, 11) is 0. The third kappa shape index (κ3) is 4.41. The molecule has 0 radical (unpaired) electrons. The van der Waals surface area contributed by atoms with Gasteiger partial charge in [0.25, 0.3) is 5.56 Å². The lowest BCUT2D eigenvalue weighted by molar-refractivity contribution is -0.114. The number of carbonyl (C=O) groups is 1. The van der Waals surface area contributed by atoms with Crippen molar-refractivity contribution in [2.24, 2.45) is 0 Å². The van der Waals surface area contributed by atoms with Crippen LogP contribution in [0.5, 0.6) is 5.75 Å². The van der Waals surface area contributed by atoms with Crippen molar-refractivity contribution in [3.05, 3.63) is 76.7 Å². The minimum absolute atomic E-state index is 0.103. The van der Waals surface area contributed by atoms with Crippen molar-refractivity contribution in [2.75, 3.05) is 11.9 Å². The van der Waals surface area contributed by atoms with E-state index in [9.17, 15) is 9.59 Å². The zero-order valence-corrected chi connectivity index (χ0v) is 17.3. The number of rotatable bonds is 7. The van der Waals surface area contributed by atoms with Crippen molar-refractivity contribution in [1.29, 1.82) is 0 Å². The van der Waals surface area contributed by atoms with E-state index in [-0.39, 0.29) is 11.5 Å². The van der Waals surface area contributed by atoms with E-state index in [0.717, 1.165) is 33.8 Å². The molecule has 1 amide bonds. The second kappa shape index (κ2) is 8.92. The predicted molar refractivity (Wildman–Crippen MR) is 120 cm³/mol. The summed E-state index contributed by atoms with van der Waals surface area (Å²) in [6.45, 7) is 2.70. The van der Waals surface area contributed by atoms with Gasteiger partial charge in [0.1, 0.15) is 10.6 Å². The number of hydrogen-bond donors (Lipinski definition) is 1. The predicted octanol–water partition coefficient (Wildman–Crippen LogP) is 4.55. The molecule has 4 rings (SSSR count). The van der Waals surface area contributed by atoms with Crippen LogP contribution in [-0.2, 0) is 11.3 Å². The lowest BCUT2D eigenvalue weighted by Crippen LogP contribution is -2.13. The summed E-state index contributed by atoms with van der Waals surface area (Å²) in [6.07, 6.45) is 2.38. The maximum Gasteiger partial charge on any atom is 0.282 e. The van der Waals surface area contributed by atoms with Gasteiger partial charge >= 0.3 is 0 Å². The van der Waals surface area contributed by atoms with Crippen molar-refractivity contribution >= 4 is 33.1 Å². The average Bonchev–Trinajstić information content (AvgIpc) is 3.20. The number of hydrogen-bond acceptors (Lipinski definition) is 5. The highest BCUT2D eigenvalue weighted by molar-refractivity contribution is 7.17. The Morgan fingerprint density at radius 1 is 1.13 bits per heavy atom. The van der Waals surface area contributed by atoms with E-state index in [1.54, 1.807) is 17.7 Å². The Bertz CT molecular complexity index is 1210. The summed E-state index contributed by atoms with van der Waals surface area (Å²) in [6, 6.07) is 17.2. The first-order valence-corrected chi connectivity index (χ1v) is 10.5. The van der Waals surface area contributed by atoms with Crippen LogP contribution in [0.15, 0.2) is 71.1 Å². The van der Waals surface area contributed by atoms with Crippen LogP contribution >= 0.6 is 11.3 Å². The van der Waals surface area contributed by atoms with Gasteiger partial charge in [-0.3, -0.25) is 9.59 Å². The standard InChI is InChI=1S/C23H21N3O3S/c1-16(27)25-18-8-10-19(11-9-18)29-13-5-12-26-15-24-22(28)21-20(14-30-23(21)26)17-6-3-2-4-7-17/h2-4,6-11,14-15H,5,12-13H2,1H3,(H,25,27). The van der Waals surface area contributed by atoms with Crippen LogP contribution in [0, 0.1) is 0 Å². The molecular weight excluding hydrogens is 398 g/mol. The number of aromatic nitrogens is 2. The third-order valence-corrected chi connectivity index (χ3v) is 5.65. The van der Waals surface area contributed by atoms with E-state index < -0.39 is 0 Å². The quantitative estimate of drug-likeness (QED) is 0.446. The highest BCUT2D eigenvalue weighted by Gasteiger charge is 2.13. The van der Waals surface area contributed by atoms with Crippen LogP contribution in [0.1, 0.15) is 13.3 Å². The number of nitrogens with one attached hydrogen (secondary N) is 1. The Morgan fingerprint density at radius 3 is 2.63 bits per heavy atom. The molecule has 30 heavy (non-hydrogen) atoms. The second-order valence-corrected chi connectivity index (χ2v) is 7.70. The Hall–Kier alpha value is -3.45. The summed E-state index contributed by atoms with van der Waals surface area (Å²) in [5, 5.41) is 5.42. The zero-order valence-electron chi connectivity index (χ0n) is 16.5. The van der Waals surface area contributed by atoms with Gasteiger partial charge in [-0.15, -0.1) is 11.3 Å². The molecular formula is C23H21N3O3S. The number of benzene rings is 2. The Kier molecular flexibility index (Phi) is 5.90. The fourth-order valence-electron chi connectivity index (χ4n) is 3.26. The second-order valence-electron chi connectivity index (χ2n) is 6.85. The van der Waals surface area contributed by atoms with Crippen LogP contribution in [0.4, 0.5) is 5.69 Å². The van der Waals surface area contributed by atoms with Crippen molar-refractivity contribution in [1.82, 2.24) is 9.55 Å². The molecule has 0 spiro atoms. The van der Waals surface area contributed by atoms with Crippen LogP contribution in [0.2, 0.25) is 0 Å². The lowest BCUT2D eigenvalue weighted by Gasteiger charge is -2.10. The summed E-state index contributed by atoms with van der Waals surface area (Å²) < 4.78 is 7.80. The van der Waals surface area contributed by atoms with Crippen molar-refractivity contribution in [3.63, 3.8) is 0 Å². The van der Waals surface area contributed by atoms with Crippen LogP contribution in [-0.4, -0.2) is 22.1 Å². The number of fused-ring (bicyclic) bond motifs is 1. The van der Waals surface area contributed by atoms with Gasteiger partial charge < -0.3 is 14.6 Å². The summed E-state index contributed by atoms with van der Waals surface area (Å²) >= 11 is 1.56. The summed E-state index contributed by atoms with van der Waals surface area (Å²) in [4.78, 5) is 28.5. The lowest BCUT2D eigenvalue weighted by atomic mass is 10.1. The van der Waals surface area contributed by atoms with Gasteiger partial charge in [-0.25, -0.2) is 0 Å². The van der Waals surface area contributed by atoms with Gasteiger partial charge in [-0.05, 0) is 36.2 Å². The van der Waals surface area contributed by atoms with Gasteiger partial charge in [0, 0.05) is 30.1 Å². The molecule has 2 heterocycles. The number of nitrogens with zero attached hydrogens (tertiary/aromatic N) is 2. The van der Waals surface area contributed by atoms with E-state index in [0.29, 0.717) is 18.5 Å². The number of carbonyl (C=O) groups excluding carboxylic acids is 1. The number of thiophene rings is 1. The molecule has 0 saturated carbocycles. The normalized spacial score (nSPS) is 10.8. The van der Waals surface area contributed by atoms with E-state index in [1.807, 2.05) is 64.5 Å². The monoisotopic (exact) mass is 419 g/mol. The third-order valence-electron chi connectivity index (χ3n) is 4.63. The maximum atomic E-state index is 12.4. The van der Waals surface area contributed by atoms with E-state index in [2.05, 4.69) is 10.3 Å². The Labute approximate surface area is 177 Å². The number of ether oxygens (including phenoxy) is 1. The molecule has 0 aliphatic rings. The first-order valence-electron chi connectivity index (χ1n) is 9.64. The molecule has 0 fully saturated rings. The molecule has 0 aliphatic carbocycles. The molecule has 2 aromatic carbocycles. The van der Waals surface area contributed by atoms with Crippen LogP contribution in [0.3, 0.4) is 0 Å². The summed E-state index contributed by atoms with van der Waals surface area (Å²) in [5.41, 5.74) is 2.49. The zero-order chi connectivity index (χ0) is 20.9. The van der Waals surface area contributed by atoms with E-state index >= 15 is 0 Å². The molecule has 7 heteroatoms. The molecule has 0 unspecified atom stereocenters. The van der Waals surface area contributed by atoms with Gasteiger partial charge in [0.15, 0.2) is 0 Å². The SMILES string of the molecule is CC(=O)Nc1ccc(OCCCn2cnc(=O)c3c(-c4ccccc4)csc32)cc1. The molecule has 6 nitrogen and oxygen atoms in total. The topological polar surface area (TPSA) is 73.2 Å². The molecule has 1 N–H and O–H groups in total. The molecule has 0 saturated heterocycles. The minimum Gasteiger partial charge on any atom is -0.494 e. The fourth-order valence-corrected chi connectivity index (χ4v) is 4.33. The van der Waals surface area contributed by atoms with E-state index in [1.165, 1.54) is 6.92 Å². The first-order chi connectivity index (χ1) is 14.6. The Morgan fingerprint density at radius 2 is 1.90 bits per heavy atom. The first kappa shape index (κ1) is 19.8. The molecule has 0 bridgehead atoms. The largest absolute Gasteiger partial charge is 0.494 e. The minimum atomic E-state index is -0.197. The van der Waals surface area contributed by atoms with E-state index in [4.69, 9.17) is 4.74 Å². The van der Waals surface area contributed by atoms with Gasteiger partial charge in [-0.2, -0.15) is 4.98 Å². The number of anilines is 1. The highest BCUT2D eigenvalue weighted by Crippen LogP contribution is 2.31. The van der Waals surface area contributed by atoms with Gasteiger partial charge in [0.2, 0.25) is 5.91 Å². The Balaban J connectivity index is 1.42. The molecule has 2 aromatic heterocycles. The van der Waals surface area contributed by atoms with Crippen molar-refractivity contribution < 1.29 is 9.53 Å². The maximum absolute atomic E-state index is 12.4. The van der Waals surface area contributed by atoms with Gasteiger partial charge in [-0.1, -0.05) is 30.3 Å². The van der Waals surface area contributed by atoms with Crippen LogP contribution < -0.4 is 15.6 Å². The highest BCUT2D eigenvalue weighted by atomic mass is 32.1.